The number of halogens is 1. The molecule has 0 bridgehead atoms. The average molecular weight is 317 g/mol. The molecule has 2 N–H and O–H groups in total. The molecule has 112 valence electrons. The zero-order valence-electron chi connectivity index (χ0n) is 11.6. The van der Waals surface area contributed by atoms with Crippen LogP contribution >= 0.6 is 24.2 Å². The van der Waals surface area contributed by atoms with E-state index >= 15 is 0 Å². The molecule has 0 saturated carbocycles. The van der Waals surface area contributed by atoms with Gasteiger partial charge in [-0.05, 0) is 37.6 Å². The van der Waals surface area contributed by atoms with Crippen molar-refractivity contribution in [2.75, 3.05) is 26.0 Å². The minimum absolute atomic E-state index is 0. The van der Waals surface area contributed by atoms with Crippen molar-refractivity contribution in [2.45, 2.75) is 23.8 Å². The molecule has 4 nitrogen and oxygen atoms in total. The zero-order chi connectivity index (χ0) is 13.5. The molecule has 6 heteroatoms. The van der Waals surface area contributed by atoms with Crippen LogP contribution in [0.4, 0.5) is 0 Å². The van der Waals surface area contributed by atoms with Gasteiger partial charge in [0, 0.05) is 17.5 Å². The molecule has 0 aromatic heterocycles. The second-order valence-corrected chi connectivity index (χ2v) is 5.61. The number of nitrogens with one attached hydrogen (secondary N) is 2. The van der Waals surface area contributed by atoms with Gasteiger partial charge in [-0.15, -0.1) is 24.2 Å². The highest BCUT2D eigenvalue weighted by Crippen LogP contribution is 2.22. The van der Waals surface area contributed by atoms with Crippen LogP contribution in [0, 0.1) is 0 Å². The van der Waals surface area contributed by atoms with Gasteiger partial charge in [-0.3, -0.25) is 4.79 Å². The summed E-state index contributed by atoms with van der Waals surface area (Å²) in [6.45, 7) is 1.80. The van der Waals surface area contributed by atoms with E-state index in [9.17, 15) is 4.79 Å². The summed E-state index contributed by atoms with van der Waals surface area (Å²) in [5.74, 6) is 1.35. The Labute approximate surface area is 130 Å². The van der Waals surface area contributed by atoms with E-state index in [1.54, 1.807) is 7.11 Å². The SMILES string of the molecule is COc1cccc(SCC(=O)NCC2CCCN2)c1.Cl. The van der Waals surface area contributed by atoms with Gasteiger partial charge in [0.15, 0.2) is 0 Å². The Morgan fingerprint density at radius 2 is 2.40 bits per heavy atom. The third kappa shape index (κ3) is 5.61. The Balaban J connectivity index is 0.00000200. The van der Waals surface area contributed by atoms with Crippen molar-refractivity contribution in [1.82, 2.24) is 10.6 Å². The van der Waals surface area contributed by atoms with Crippen LogP contribution < -0.4 is 15.4 Å². The van der Waals surface area contributed by atoms with Crippen LogP contribution in [-0.4, -0.2) is 37.9 Å². The summed E-state index contributed by atoms with van der Waals surface area (Å²) < 4.78 is 5.15. The highest BCUT2D eigenvalue weighted by atomic mass is 35.5. The summed E-state index contributed by atoms with van der Waals surface area (Å²) in [5.41, 5.74) is 0. The predicted molar refractivity (Wildman–Crippen MR) is 85.0 cm³/mol. The second-order valence-electron chi connectivity index (χ2n) is 4.57. The number of ether oxygens (including phenoxy) is 1. The second kappa shape index (κ2) is 9.10. The third-order valence-electron chi connectivity index (χ3n) is 3.12. The van der Waals surface area contributed by atoms with Crippen molar-refractivity contribution in [3.8, 4) is 5.75 Å². The van der Waals surface area contributed by atoms with Crippen molar-refractivity contribution >= 4 is 30.1 Å². The third-order valence-corrected chi connectivity index (χ3v) is 4.11. The molecule has 1 saturated heterocycles. The highest BCUT2D eigenvalue weighted by molar-refractivity contribution is 8.00. The lowest BCUT2D eigenvalue weighted by Crippen LogP contribution is -2.37. The molecule has 1 heterocycles. The molecule has 1 fully saturated rings. The minimum atomic E-state index is 0. The fourth-order valence-corrected chi connectivity index (χ4v) is 2.83. The summed E-state index contributed by atoms with van der Waals surface area (Å²) >= 11 is 1.53. The van der Waals surface area contributed by atoms with Crippen LogP contribution in [0.5, 0.6) is 5.75 Å². The fraction of sp³-hybridized carbons (Fsp3) is 0.500. The predicted octanol–water partition coefficient (Wildman–Crippen LogP) is 2.08. The summed E-state index contributed by atoms with van der Waals surface area (Å²) in [4.78, 5) is 12.8. The lowest BCUT2D eigenvalue weighted by molar-refractivity contribution is -0.118. The van der Waals surface area contributed by atoms with E-state index in [2.05, 4.69) is 10.6 Å². The van der Waals surface area contributed by atoms with Crippen LogP contribution in [0.15, 0.2) is 29.2 Å². The van der Waals surface area contributed by atoms with Crippen LogP contribution in [0.1, 0.15) is 12.8 Å². The number of methoxy groups -OCH3 is 1. The molecule has 0 aliphatic carbocycles. The highest BCUT2D eigenvalue weighted by Gasteiger charge is 2.14. The maximum Gasteiger partial charge on any atom is 0.230 e. The molecule has 1 aromatic carbocycles. The Kier molecular flexibility index (Phi) is 7.80. The van der Waals surface area contributed by atoms with Crippen molar-refractivity contribution < 1.29 is 9.53 Å². The van der Waals surface area contributed by atoms with Crippen LogP contribution in [-0.2, 0) is 4.79 Å². The molecular formula is C14H21ClN2O2S. The van der Waals surface area contributed by atoms with Gasteiger partial charge in [0.2, 0.25) is 5.91 Å². The van der Waals surface area contributed by atoms with Gasteiger partial charge < -0.3 is 15.4 Å². The van der Waals surface area contributed by atoms with Gasteiger partial charge >= 0.3 is 0 Å². The van der Waals surface area contributed by atoms with Gasteiger partial charge in [-0.2, -0.15) is 0 Å². The van der Waals surface area contributed by atoms with E-state index in [0.29, 0.717) is 11.8 Å². The number of carbonyl (C=O) groups is 1. The zero-order valence-corrected chi connectivity index (χ0v) is 13.2. The Morgan fingerprint density at radius 3 is 3.10 bits per heavy atom. The lowest BCUT2D eigenvalue weighted by atomic mass is 10.2. The first-order chi connectivity index (χ1) is 9.28. The number of carbonyl (C=O) groups excluding carboxylic acids is 1. The van der Waals surface area contributed by atoms with E-state index in [1.807, 2.05) is 24.3 Å². The molecule has 1 aliphatic rings. The van der Waals surface area contributed by atoms with Crippen molar-refractivity contribution in [3.63, 3.8) is 0 Å². The topological polar surface area (TPSA) is 50.4 Å². The summed E-state index contributed by atoms with van der Waals surface area (Å²) in [6.07, 6.45) is 2.36. The number of hydrogen-bond donors (Lipinski definition) is 2. The lowest BCUT2D eigenvalue weighted by Gasteiger charge is -2.11. The van der Waals surface area contributed by atoms with Gasteiger partial charge in [0.05, 0.1) is 12.9 Å². The van der Waals surface area contributed by atoms with Crippen LogP contribution in [0.3, 0.4) is 0 Å². The molecule has 0 radical (unpaired) electrons. The summed E-state index contributed by atoms with van der Waals surface area (Å²) in [6, 6.07) is 8.21. The molecular weight excluding hydrogens is 296 g/mol. The fourth-order valence-electron chi connectivity index (χ4n) is 2.06. The van der Waals surface area contributed by atoms with Crippen LogP contribution in [0.2, 0.25) is 0 Å². The number of rotatable bonds is 6. The average Bonchev–Trinajstić information content (AvgIpc) is 2.96. The van der Waals surface area contributed by atoms with Gasteiger partial charge in [-0.25, -0.2) is 0 Å². The van der Waals surface area contributed by atoms with Crippen molar-refractivity contribution in [3.05, 3.63) is 24.3 Å². The van der Waals surface area contributed by atoms with E-state index in [0.717, 1.165) is 30.2 Å². The number of hydrogen-bond acceptors (Lipinski definition) is 4. The molecule has 1 unspecified atom stereocenters. The minimum Gasteiger partial charge on any atom is -0.497 e. The van der Waals surface area contributed by atoms with Crippen LogP contribution in [0.25, 0.3) is 0 Å². The number of benzene rings is 1. The maximum atomic E-state index is 11.7. The summed E-state index contributed by atoms with van der Waals surface area (Å²) in [7, 11) is 1.64. The summed E-state index contributed by atoms with van der Waals surface area (Å²) in [5, 5.41) is 6.33. The van der Waals surface area contributed by atoms with E-state index < -0.39 is 0 Å². The molecule has 1 amide bonds. The molecule has 1 atom stereocenters. The molecule has 2 rings (SSSR count). The number of amides is 1. The first-order valence-electron chi connectivity index (χ1n) is 6.55. The molecule has 0 spiro atoms. The first kappa shape index (κ1) is 17.1. The van der Waals surface area contributed by atoms with E-state index in [1.165, 1.54) is 18.2 Å². The molecule has 1 aromatic rings. The largest absolute Gasteiger partial charge is 0.497 e. The maximum absolute atomic E-state index is 11.7. The van der Waals surface area contributed by atoms with Gasteiger partial charge in [-0.1, -0.05) is 6.07 Å². The Morgan fingerprint density at radius 1 is 1.55 bits per heavy atom. The van der Waals surface area contributed by atoms with Gasteiger partial charge in [0.25, 0.3) is 0 Å². The normalized spacial score (nSPS) is 17.4. The quantitative estimate of drug-likeness (QED) is 0.789. The Bertz CT molecular complexity index is 425. The smallest absolute Gasteiger partial charge is 0.230 e. The Hall–Kier alpha value is -0.910. The molecule has 1 aliphatic heterocycles. The van der Waals surface area contributed by atoms with Crippen molar-refractivity contribution in [1.29, 1.82) is 0 Å². The molecule has 20 heavy (non-hydrogen) atoms. The van der Waals surface area contributed by atoms with Gasteiger partial charge in [0.1, 0.15) is 5.75 Å². The first-order valence-corrected chi connectivity index (χ1v) is 7.53. The number of thioether (sulfide) groups is 1. The monoisotopic (exact) mass is 316 g/mol. The van der Waals surface area contributed by atoms with Crippen molar-refractivity contribution in [2.24, 2.45) is 0 Å². The standard InChI is InChI=1S/C14H20N2O2S.ClH/c1-18-12-5-2-6-13(8-12)19-10-14(17)16-9-11-4-3-7-15-11;/h2,5-6,8,11,15H,3-4,7,9-10H2,1H3,(H,16,17);1H. The van der Waals surface area contributed by atoms with E-state index in [-0.39, 0.29) is 18.3 Å². The van der Waals surface area contributed by atoms with E-state index in [4.69, 9.17) is 4.74 Å².